The molecule has 1 fully saturated rings. The first-order chi connectivity index (χ1) is 8.58. The topological polar surface area (TPSA) is 49.3 Å². The lowest BCUT2D eigenvalue weighted by molar-refractivity contribution is 0.0916. The van der Waals surface area contributed by atoms with Crippen LogP contribution in [0.4, 0.5) is 0 Å². The number of aliphatic hydroxyl groups is 1. The van der Waals surface area contributed by atoms with Crippen LogP contribution in [0.5, 0.6) is 0 Å². The smallest absolute Gasteiger partial charge is 0.252 e. The van der Waals surface area contributed by atoms with Crippen LogP contribution in [-0.2, 0) is 0 Å². The molecule has 1 aromatic carbocycles. The van der Waals surface area contributed by atoms with Gasteiger partial charge in [-0.3, -0.25) is 4.79 Å². The van der Waals surface area contributed by atoms with Gasteiger partial charge in [-0.05, 0) is 31.0 Å². The maximum atomic E-state index is 12.0. The molecule has 0 saturated heterocycles. The molecule has 3 nitrogen and oxygen atoms in total. The molecule has 1 aromatic rings. The molecular weight excluding hydrogens is 270 g/mol. The average molecular weight is 286 g/mol. The highest BCUT2D eigenvalue weighted by Gasteiger charge is 2.25. The van der Waals surface area contributed by atoms with Crippen LogP contribution in [0.15, 0.2) is 23.1 Å². The predicted molar refractivity (Wildman–Crippen MR) is 74.4 cm³/mol. The van der Waals surface area contributed by atoms with E-state index in [0.29, 0.717) is 22.0 Å². The lowest BCUT2D eigenvalue weighted by Crippen LogP contribution is -2.32. The van der Waals surface area contributed by atoms with Gasteiger partial charge in [-0.2, -0.15) is 0 Å². The number of amides is 1. The van der Waals surface area contributed by atoms with Crippen molar-refractivity contribution in [3.05, 3.63) is 28.8 Å². The number of nitrogens with one attached hydrogen (secondary N) is 1. The van der Waals surface area contributed by atoms with Gasteiger partial charge < -0.3 is 10.4 Å². The zero-order chi connectivity index (χ0) is 13.1. The predicted octanol–water partition coefficient (Wildman–Crippen LogP) is 2.52. The van der Waals surface area contributed by atoms with Gasteiger partial charge >= 0.3 is 0 Å². The van der Waals surface area contributed by atoms with E-state index < -0.39 is 0 Å². The van der Waals surface area contributed by atoms with Crippen LogP contribution >= 0.6 is 24.2 Å². The molecule has 0 aliphatic heterocycles. The largest absolute Gasteiger partial charge is 0.393 e. The highest BCUT2D eigenvalue weighted by molar-refractivity contribution is 7.80. The molecule has 0 spiro atoms. The highest BCUT2D eigenvalue weighted by Crippen LogP contribution is 2.25. The summed E-state index contributed by atoms with van der Waals surface area (Å²) < 4.78 is 0. The van der Waals surface area contributed by atoms with Crippen LogP contribution in [0.2, 0.25) is 5.02 Å². The minimum absolute atomic E-state index is 0.159. The average Bonchev–Trinajstić information content (AvgIpc) is 2.75. The summed E-state index contributed by atoms with van der Waals surface area (Å²) in [5.74, 6) is -0.0538. The van der Waals surface area contributed by atoms with E-state index in [1.807, 2.05) is 0 Å². The van der Waals surface area contributed by atoms with Crippen molar-refractivity contribution in [1.82, 2.24) is 5.32 Å². The third-order valence-corrected chi connectivity index (χ3v) is 3.95. The monoisotopic (exact) mass is 285 g/mol. The molecule has 2 atom stereocenters. The number of benzene rings is 1. The molecule has 1 aliphatic carbocycles. The van der Waals surface area contributed by atoms with Gasteiger partial charge in [0.05, 0.1) is 16.7 Å². The van der Waals surface area contributed by atoms with Gasteiger partial charge in [0.25, 0.3) is 5.91 Å². The summed E-state index contributed by atoms with van der Waals surface area (Å²) in [6.45, 7) is 0.493. The summed E-state index contributed by atoms with van der Waals surface area (Å²) in [6, 6.07) is 5.04. The normalized spacial score (nSPS) is 23.1. The van der Waals surface area contributed by atoms with E-state index in [1.165, 1.54) is 0 Å². The SMILES string of the molecule is O=C(NCC1CCCC1O)c1cc(S)ccc1Cl. The summed E-state index contributed by atoms with van der Waals surface area (Å²) in [5, 5.41) is 12.9. The first-order valence-corrected chi connectivity index (χ1v) is 6.85. The number of aliphatic hydroxyl groups excluding tert-OH is 1. The first kappa shape index (κ1) is 13.7. The third kappa shape index (κ3) is 3.19. The molecule has 0 heterocycles. The Hall–Kier alpha value is -0.710. The second kappa shape index (κ2) is 5.95. The molecule has 0 aromatic heterocycles. The van der Waals surface area contributed by atoms with E-state index in [-0.39, 0.29) is 17.9 Å². The summed E-state index contributed by atoms with van der Waals surface area (Å²) in [5.41, 5.74) is 0.427. The summed E-state index contributed by atoms with van der Waals surface area (Å²) in [4.78, 5) is 12.7. The van der Waals surface area contributed by atoms with Crippen molar-refractivity contribution >= 4 is 30.1 Å². The van der Waals surface area contributed by atoms with E-state index in [0.717, 1.165) is 19.3 Å². The molecule has 2 N–H and O–H groups in total. The molecule has 1 saturated carbocycles. The molecule has 1 amide bonds. The molecule has 2 unspecified atom stereocenters. The number of hydrogen-bond acceptors (Lipinski definition) is 3. The van der Waals surface area contributed by atoms with E-state index in [2.05, 4.69) is 17.9 Å². The summed E-state index contributed by atoms with van der Waals surface area (Å²) in [6.07, 6.45) is 2.51. The van der Waals surface area contributed by atoms with Crippen molar-refractivity contribution in [3.8, 4) is 0 Å². The number of hydrogen-bond donors (Lipinski definition) is 3. The number of carbonyl (C=O) groups is 1. The third-order valence-electron chi connectivity index (χ3n) is 3.34. The Labute approximate surface area is 117 Å². The molecule has 5 heteroatoms. The van der Waals surface area contributed by atoms with Crippen molar-refractivity contribution < 1.29 is 9.90 Å². The van der Waals surface area contributed by atoms with Crippen LogP contribution in [0, 0.1) is 5.92 Å². The molecule has 1 aliphatic rings. The maximum Gasteiger partial charge on any atom is 0.252 e. The van der Waals surface area contributed by atoms with Crippen molar-refractivity contribution in [2.45, 2.75) is 30.3 Å². The van der Waals surface area contributed by atoms with Crippen molar-refractivity contribution in [1.29, 1.82) is 0 Å². The Kier molecular flexibility index (Phi) is 4.54. The number of thiol groups is 1. The standard InChI is InChI=1S/C13H16ClNO2S/c14-11-5-4-9(18)6-10(11)13(17)15-7-8-2-1-3-12(8)16/h4-6,8,12,16,18H,1-3,7H2,(H,15,17). The van der Waals surface area contributed by atoms with Crippen LogP contribution in [0.25, 0.3) is 0 Å². The fraction of sp³-hybridized carbons (Fsp3) is 0.462. The Morgan fingerprint density at radius 2 is 2.28 bits per heavy atom. The van der Waals surface area contributed by atoms with Crippen LogP contribution in [-0.4, -0.2) is 23.7 Å². The van der Waals surface area contributed by atoms with E-state index in [1.54, 1.807) is 18.2 Å². The molecule has 98 valence electrons. The quantitative estimate of drug-likeness (QED) is 0.748. The van der Waals surface area contributed by atoms with Crippen molar-refractivity contribution in [2.24, 2.45) is 5.92 Å². The molecule has 0 bridgehead atoms. The van der Waals surface area contributed by atoms with Crippen molar-refractivity contribution in [2.75, 3.05) is 6.54 Å². The second-order valence-electron chi connectivity index (χ2n) is 4.63. The van der Waals surface area contributed by atoms with Gasteiger partial charge in [0.15, 0.2) is 0 Å². The molecular formula is C13H16ClNO2S. The van der Waals surface area contributed by atoms with E-state index >= 15 is 0 Å². The fourth-order valence-corrected chi connectivity index (χ4v) is 2.67. The Bertz CT molecular complexity index is 453. The van der Waals surface area contributed by atoms with Crippen LogP contribution in [0.1, 0.15) is 29.6 Å². The molecule has 2 rings (SSSR count). The fourth-order valence-electron chi connectivity index (χ4n) is 2.26. The van der Waals surface area contributed by atoms with Gasteiger partial charge in [-0.15, -0.1) is 12.6 Å². The van der Waals surface area contributed by atoms with E-state index in [9.17, 15) is 9.90 Å². The zero-order valence-corrected chi connectivity index (χ0v) is 11.5. The van der Waals surface area contributed by atoms with Gasteiger partial charge in [-0.1, -0.05) is 18.0 Å². The number of rotatable bonds is 3. The molecule has 18 heavy (non-hydrogen) atoms. The van der Waals surface area contributed by atoms with Gasteiger partial charge in [0.1, 0.15) is 0 Å². The molecule has 0 radical (unpaired) electrons. The van der Waals surface area contributed by atoms with Crippen molar-refractivity contribution in [3.63, 3.8) is 0 Å². The van der Waals surface area contributed by atoms with Crippen LogP contribution < -0.4 is 5.32 Å². The van der Waals surface area contributed by atoms with Gasteiger partial charge in [0.2, 0.25) is 0 Å². The Morgan fingerprint density at radius 3 is 2.94 bits per heavy atom. The maximum absolute atomic E-state index is 12.0. The number of halogens is 1. The highest BCUT2D eigenvalue weighted by atomic mass is 35.5. The minimum Gasteiger partial charge on any atom is -0.393 e. The van der Waals surface area contributed by atoms with Crippen LogP contribution in [0.3, 0.4) is 0 Å². The lowest BCUT2D eigenvalue weighted by Gasteiger charge is -2.15. The van der Waals surface area contributed by atoms with Gasteiger partial charge in [0, 0.05) is 17.4 Å². The first-order valence-electron chi connectivity index (χ1n) is 6.02. The Morgan fingerprint density at radius 1 is 1.50 bits per heavy atom. The second-order valence-corrected chi connectivity index (χ2v) is 5.56. The number of carbonyl (C=O) groups excluding carboxylic acids is 1. The summed E-state index contributed by atoms with van der Waals surface area (Å²) >= 11 is 10.2. The summed E-state index contributed by atoms with van der Waals surface area (Å²) in [7, 11) is 0. The minimum atomic E-state index is -0.294. The van der Waals surface area contributed by atoms with E-state index in [4.69, 9.17) is 11.6 Å². The van der Waals surface area contributed by atoms with Gasteiger partial charge in [-0.25, -0.2) is 0 Å². The Balaban J connectivity index is 1.97. The zero-order valence-electron chi connectivity index (χ0n) is 9.90. The lowest BCUT2D eigenvalue weighted by atomic mass is 10.1.